The third kappa shape index (κ3) is 1.84. The lowest BCUT2D eigenvalue weighted by molar-refractivity contribution is -0.153. The van der Waals surface area contributed by atoms with Gasteiger partial charge in [-0.3, -0.25) is 9.59 Å². The van der Waals surface area contributed by atoms with Gasteiger partial charge in [-0.25, -0.2) is 0 Å². The first kappa shape index (κ1) is 10.4. The van der Waals surface area contributed by atoms with Crippen LogP contribution >= 0.6 is 0 Å². The molecule has 0 spiro atoms. The number of carbonyl (C=O) groups excluding carboxylic acids is 2. The lowest BCUT2D eigenvalue weighted by Crippen LogP contribution is -2.58. The number of hydrogen-bond acceptors (Lipinski definition) is 3. The SMILES string of the molecule is CNCCN1CC(=O)N2CCCC2C1=O. The fourth-order valence-corrected chi connectivity index (χ4v) is 2.30. The van der Waals surface area contributed by atoms with E-state index < -0.39 is 0 Å². The highest BCUT2D eigenvalue weighted by molar-refractivity contribution is 5.95. The van der Waals surface area contributed by atoms with Gasteiger partial charge < -0.3 is 15.1 Å². The van der Waals surface area contributed by atoms with E-state index in [1.54, 1.807) is 9.80 Å². The second-order valence-corrected chi connectivity index (χ2v) is 4.11. The van der Waals surface area contributed by atoms with Crippen molar-refractivity contribution in [2.45, 2.75) is 18.9 Å². The lowest BCUT2D eigenvalue weighted by atomic mass is 10.1. The Balaban J connectivity index is 2.03. The molecular formula is C10H17N3O2. The Morgan fingerprint density at radius 1 is 1.47 bits per heavy atom. The van der Waals surface area contributed by atoms with Crippen LogP contribution in [-0.2, 0) is 9.59 Å². The van der Waals surface area contributed by atoms with E-state index >= 15 is 0 Å². The molecule has 2 saturated heterocycles. The van der Waals surface area contributed by atoms with Crippen molar-refractivity contribution in [3.63, 3.8) is 0 Å². The molecule has 0 aliphatic carbocycles. The van der Waals surface area contributed by atoms with E-state index in [2.05, 4.69) is 5.32 Å². The van der Waals surface area contributed by atoms with Crippen LogP contribution < -0.4 is 5.32 Å². The Morgan fingerprint density at radius 3 is 3.00 bits per heavy atom. The van der Waals surface area contributed by atoms with Gasteiger partial charge in [0, 0.05) is 19.6 Å². The average Bonchev–Trinajstić information content (AvgIpc) is 2.70. The summed E-state index contributed by atoms with van der Waals surface area (Å²) in [6, 6.07) is -0.164. The molecular weight excluding hydrogens is 194 g/mol. The van der Waals surface area contributed by atoms with E-state index in [1.807, 2.05) is 7.05 Å². The summed E-state index contributed by atoms with van der Waals surface area (Å²) in [4.78, 5) is 27.1. The van der Waals surface area contributed by atoms with Crippen LogP contribution in [0, 0.1) is 0 Å². The smallest absolute Gasteiger partial charge is 0.245 e. The Hall–Kier alpha value is -1.10. The predicted octanol–water partition coefficient (Wildman–Crippen LogP) is -0.961. The summed E-state index contributed by atoms with van der Waals surface area (Å²) in [6.07, 6.45) is 1.79. The third-order valence-corrected chi connectivity index (χ3v) is 3.13. The zero-order valence-electron chi connectivity index (χ0n) is 9.03. The minimum atomic E-state index is -0.164. The quantitative estimate of drug-likeness (QED) is 0.654. The van der Waals surface area contributed by atoms with E-state index in [0.717, 1.165) is 25.9 Å². The van der Waals surface area contributed by atoms with Gasteiger partial charge >= 0.3 is 0 Å². The summed E-state index contributed by atoms with van der Waals surface area (Å²) < 4.78 is 0. The molecule has 0 aromatic heterocycles. The molecule has 0 radical (unpaired) electrons. The fraction of sp³-hybridized carbons (Fsp3) is 0.800. The van der Waals surface area contributed by atoms with Crippen molar-refractivity contribution in [3.8, 4) is 0 Å². The van der Waals surface area contributed by atoms with Crippen LogP contribution in [0.4, 0.5) is 0 Å². The van der Waals surface area contributed by atoms with Crippen LogP contribution in [0.2, 0.25) is 0 Å². The maximum atomic E-state index is 12.0. The Morgan fingerprint density at radius 2 is 2.27 bits per heavy atom. The molecule has 2 fully saturated rings. The van der Waals surface area contributed by atoms with Crippen molar-refractivity contribution in [1.29, 1.82) is 0 Å². The molecule has 5 nitrogen and oxygen atoms in total. The summed E-state index contributed by atoms with van der Waals surface area (Å²) >= 11 is 0. The van der Waals surface area contributed by atoms with Crippen LogP contribution in [0.3, 0.4) is 0 Å². The largest absolute Gasteiger partial charge is 0.330 e. The zero-order chi connectivity index (χ0) is 10.8. The number of rotatable bonds is 3. The lowest BCUT2D eigenvalue weighted by Gasteiger charge is -2.36. The first-order chi connectivity index (χ1) is 7.24. The maximum Gasteiger partial charge on any atom is 0.245 e. The number of carbonyl (C=O) groups is 2. The van der Waals surface area contributed by atoms with Gasteiger partial charge in [0.1, 0.15) is 6.04 Å². The molecule has 2 rings (SSSR count). The molecule has 1 unspecified atom stereocenters. The summed E-state index contributed by atoms with van der Waals surface area (Å²) in [6.45, 7) is 2.39. The molecule has 84 valence electrons. The van der Waals surface area contributed by atoms with Gasteiger partial charge in [-0.05, 0) is 19.9 Å². The summed E-state index contributed by atoms with van der Waals surface area (Å²) in [5, 5.41) is 2.99. The van der Waals surface area contributed by atoms with E-state index in [1.165, 1.54) is 0 Å². The highest BCUT2D eigenvalue weighted by Gasteiger charge is 2.41. The van der Waals surface area contributed by atoms with Crippen LogP contribution in [-0.4, -0.2) is 60.9 Å². The topological polar surface area (TPSA) is 52.7 Å². The molecule has 0 bridgehead atoms. The first-order valence-electron chi connectivity index (χ1n) is 5.47. The molecule has 2 aliphatic rings. The highest BCUT2D eigenvalue weighted by atomic mass is 16.2. The Kier molecular flexibility index (Phi) is 2.90. The van der Waals surface area contributed by atoms with Crippen LogP contribution in [0.1, 0.15) is 12.8 Å². The zero-order valence-corrected chi connectivity index (χ0v) is 9.03. The monoisotopic (exact) mass is 211 g/mol. The summed E-state index contributed by atoms with van der Waals surface area (Å²) in [5.41, 5.74) is 0. The number of likely N-dealkylation sites (N-methyl/N-ethyl adjacent to an activating group) is 1. The molecule has 1 atom stereocenters. The van der Waals surface area contributed by atoms with Crippen molar-refractivity contribution in [2.24, 2.45) is 0 Å². The van der Waals surface area contributed by atoms with Gasteiger partial charge in [0.2, 0.25) is 11.8 Å². The van der Waals surface area contributed by atoms with E-state index in [9.17, 15) is 9.59 Å². The minimum absolute atomic E-state index is 0.105. The van der Waals surface area contributed by atoms with Crippen LogP contribution in [0.5, 0.6) is 0 Å². The van der Waals surface area contributed by atoms with Crippen molar-refractivity contribution >= 4 is 11.8 Å². The van der Waals surface area contributed by atoms with Crippen molar-refractivity contribution < 1.29 is 9.59 Å². The molecule has 15 heavy (non-hydrogen) atoms. The predicted molar refractivity (Wildman–Crippen MR) is 55.2 cm³/mol. The number of amides is 2. The van der Waals surface area contributed by atoms with Crippen molar-refractivity contribution in [3.05, 3.63) is 0 Å². The highest BCUT2D eigenvalue weighted by Crippen LogP contribution is 2.23. The summed E-state index contributed by atoms with van der Waals surface area (Å²) in [5.74, 6) is 0.232. The standard InChI is InChI=1S/C10H17N3O2/c1-11-4-6-12-7-9(14)13-5-2-3-8(13)10(12)15/h8,11H,2-7H2,1H3. The molecule has 2 heterocycles. The Labute approximate surface area is 89.4 Å². The Bertz CT molecular complexity index is 280. The third-order valence-electron chi connectivity index (χ3n) is 3.13. The number of fused-ring (bicyclic) bond motifs is 1. The molecule has 2 aliphatic heterocycles. The fourth-order valence-electron chi connectivity index (χ4n) is 2.30. The average molecular weight is 211 g/mol. The van der Waals surface area contributed by atoms with Crippen molar-refractivity contribution in [1.82, 2.24) is 15.1 Å². The molecule has 0 aromatic carbocycles. The van der Waals surface area contributed by atoms with Gasteiger partial charge in [-0.15, -0.1) is 0 Å². The first-order valence-corrected chi connectivity index (χ1v) is 5.47. The van der Waals surface area contributed by atoms with Crippen molar-refractivity contribution in [2.75, 3.05) is 33.2 Å². The molecule has 0 saturated carbocycles. The van der Waals surface area contributed by atoms with E-state index in [4.69, 9.17) is 0 Å². The second-order valence-electron chi connectivity index (χ2n) is 4.11. The van der Waals surface area contributed by atoms with Crippen LogP contribution in [0.25, 0.3) is 0 Å². The minimum Gasteiger partial charge on any atom is -0.330 e. The summed E-state index contributed by atoms with van der Waals surface area (Å²) in [7, 11) is 1.85. The van der Waals surface area contributed by atoms with Crippen LogP contribution in [0.15, 0.2) is 0 Å². The number of nitrogens with one attached hydrogen (secondary N) is 1. The molecule has 5 heteroatoms. The van der Waals surface area contributed by atoms with Gasteiger partial charge in [-0.1, -0.05) is 0 Å². The normalized spacial score (nSPS) is 26.1. The number of hydrogen-bond donors (Lipinski definition) is 1. The van der Waals surface area contributed by atoms with Gasteiger partial charge in [-0.2, -0.15) is 0 Å². The van der Waals surface area contributed by atoms with E-state index in [-0.39, 0.29) is 24.4 Å². The second kappa shape index (κ2) is 4.18. The van der Waals surface area contributed by atoms with Gasteiger partial charge in [0.05, 0.1) is 6.54 Å². The molecule has 0 aromatic rings. The van der Waals surface area contributed by atoms with Gasteiger partial charge in [0.25, 0.3) is 0 Å². The van der Waals surface area contributed by atoms with Gasteiger partial charge in [0.15, 0.2) is 0 Å². The number of nitrogens with zero attached hydrogens (tertiary/aromatic N) is 2. The molecule has 2 amide bonds. The molecule has 1 N–H and O–H groups in total. The van der Waals surface area contributed by atoms with E-state index in [0.29, 0.717) is 6.54 Å². The number of piperazine rings is 1. The maximum absolute atomic E-state index is 12.0.